The standard InChI is InChI=1S/C14H26N2/c1-16(9-11-4-2-3-5-11)10-12-8-13-6-7-14(12)15-13/h11-15H,2-10H2,1H3. The first-order valence-electron chi connectivity index (χ1n) is 7.26. The van der Waals surface area contributed by atoms with Crippen molar-refractivity contribution in [2.75, 3.05) is 20.1 Å². The fourth-order valence-electron chi connectivity index (χ4n) is 4.25. The molecule has 3 fully saturated rings. The number of hydrogen-bond donors (Lipinski definition) is 1. The van der Waals surface area contributed by atoms with Gasteiger partial charge in [-0.05, 0) is 51.0 Å². The summed E-state index contributed by atoms with van der Waals surface area (Å²) in [6.07, 6.45) is 10.3. The van der Waals surface area contributed by atoms with Crippen LogP contribution in [0.15, 0.2) is 0 Å². The zero-order chi connectivity index (χ0) is 11.0. The highest BCUT2D eigenvalue weighted by atomic mass is 15.1. The lowest BCUT2D eigenvalue weighted by Gasteiger charge is -2.27. The van der Waals surface area contributed by atoms with E-state index in [2.05, 4.69) is 17.3 Å². The summed E-state index contributed by atoms with van der Waals surface area (Å²) in [6, 6.07) is 1.73. The van der Waals surface area contributed by atoms with Crippen molar-refractivity contribution in [3.8, 4) is 0 Å². The van der Waals surface area contributed by atoms with Crippen molar-refractivity contribution in [3.63, 3.8) is 0 Å². The minimum atomic E-state index is 0.857. The van der Waals surface area contributed by atoms with Gasteiger partial charge in [0.15, 0.2) is 0 Å². The van der Waals surface area contributed by atoms with E-state index in [1.165, 1.54) is 58.0 Å². The van der Waals surface area contributed by atoms with Gasteiger partial charge in [0, 0.05) is 25.2 Å². The van der Waals surface area contributed by atoms with E-state index in [-0.39, 0.29) is 0 Å². The Morgan fingerprint density at radius 3 is 2.50 bits per heavy atom. The van der Waals surface area contributed by atoms with Crippen LogP contribution in [0, 0.1) is 11.8 Å². The number of nitrogens with one attached hydrogen (secondary N) is 1. The molecule has 0 spiro atoms. The van der Waals surface area contributed by atoms with Gasteiger partial charge in [0.05, 0.1) is 0 Å². The van der Waals surface area contributed by atoms with Gasteiger partial charge >= 0.3 is 0 Å². The molecule has 16 heavy (non-hydrogen) atoms. The van der Waals surface area contributed by atoms with Gasteiger partial charge in [-0.15, -0.1) is 0 Å². The third kappa shape index (κ3) is 2.28. The fourth-order valence-corrected chi connectivity index (χ4v) is 4.25. The molecule has 3 rings (SSSR count). The zero-order valence-corrected chi connectivity index (χ0v) is 10.6. The largest absolute Gasteiger partial charge is 0.311 e. The Labute approximate surface area is 99.8 Å². The van der Waals surface area contributed by atoms with E-state index in [4.69, 9.17) is 0 Å². The van der Waals surface area contributed by atoms with Gasteiger partial charge in [0.2, 0.25) is 0 Å². The van der Waals surface area contributed by atoms with Crippen LogP contribution in [0.4, 0.5) is 0 Å². The van der Waals surface area contributed by atoms with Crippen LogP contribution in [0.5, 0.6) is 0 Å². The van der Waals surface area contributed by atoms with Crippen molar-refractivity contribution in [3.05, 3.63) is 0 Å². The predicted molar refractivity (Wildman–Crippen MR) is 67.5 cm³/mol. The van der Waals surface area contributed by atoms with E-state index in [0.29, 0.717) is 0 Å². The number of hydrogen-bond acceptors (Lipinski definition) is 2. The molecule has 0 aromatic carbocycles. The Balaban J connectivity index is 1.43. The smallest absolute Gasteiger partial charge is 0.0111 e. The minimum Gasteiger partial charge on any atom is -0.311 e. The number of rotatable bonds is 4. The molecule has 0 aromatic heterocycles. The van der Waals surface area contributed by atoms with E-state index < -0.39 is 0 Å². The lowest BCUT2D eigenvalue weighted by molar-refractivity contribution is 0.219. The summed E-state index contributed by atoms with van der Waals surface area (Å²) in [5, 5.41) is 3.75. The zero-order valence-electron chi connectivity index (χ0n) is 10.6. The highest BCUT2D eigenvalue weighted by Gasteiger charge is 2.39. The molecule has 2 heteroatoms. The normalized spacial score (nSPS) is 39.0. The van der Waals surface area contributed by atoms with Crippen molar-refractivity contribution in [1.82, 2.24) is 10.2 Å². The Kier molecular flexibility index (Phi) is 3.21. The van der Waals surface area contributed by atoms with E-state index in [1.807, 2.05) is 0 Å². The van der Waals surface area contributed by atoms with Crippen LogP contribution < -0.4 is 5.32 Å². The summed E-state index contributed by atoms with van der Waals surface area (Å²) < 4.78 is 0. The Bertz CT molecular complexity index is 235. The van der Waals surface area contributed by atoms with Crippen LogP contribution in [0.25, 0.3) is 0 Å². The van der Waals surface area contributed by atoms with Crippen LogP contribution in [0.3, 0.4) is 0 Å². The average molecular weight is 222 g/mol. The molecular weight excluding hydrogens is 196 g/mol. The molecule has 92 valence electrons. The van der Waals surface area contributed by atoms with E-state index in [9.17, 15) is 0 Å². The molecule has 0 amide bonds. The Morgan fingerprint density at radius 1 is 1.06 bits per heavy atom. The van der Waals surface area contributed by atoms with Crippen LogP contribution in [0.2, 0.25) is 0 Å². The molecule has 3 unspecified atom stereocenters. The molecule has 2 heterocycles. The van der Waals surface area contributed by atoms with Crippen LogP contribution in [-0.2, 0) is 0 Å². The molecule has 2 bridgehead atoms. The lowest BCUT2D eigenvalue weighted by Crippen LogP contribution is -2.35. The first-order valence-corrected chi connectivity index (χ1v) is 7.26. The van der Waals surface area contributed by atoms with Gasteiger partial charge in [-0.25, -0.2) is 0 Å². The quantitative estimate of drug-likeness (QED) is 0.785. The second-order valence-corrected chi connectivity index (χ2v) is 6.41. The van der Waals surface area contributed by atoms with Crippen molar-refractivity contribution < 1.29 is 0 Å². The van der Waals surface area contributed by atoms with E-state index in [1.54, 1.807) is 0 Å². The maximum absolute atomic E-state index is 3.75. The Hall–Kier alpha value is -0.0800. The first-order chi connectivity index (χ1) is 7.81. The molecule has 2 aliphatic heterocycles. The predicted octanol–water partition coefficient (Wildman–Crippen LogP) is 2.25. The second kappa shape index (κ2) is 4.66. The molecule has 1 N–H and O–H groups in total. The van der Waals surface area contributed by atoms with Gasteiger partial charge < -0.3 is 10.2 Å². The summed E-state index contributed by atoms with van der Waals surface area (Å²) in [7, 11) is 2.34. The fraction of sp³-hybridized carbons (Fsp3) is 1.00. The maximum Gasteiger partial charge on any atom is 0.0111 e. The summed E-state index contributed by atoms with van der Waals surface area (Å²) in [5.74, 6) is 1.96. The van der Waals surface area contributed by atoms with Crippen molar-refractivity contribution in [1.29, 1.82) is 0 Å². The van der Waals surface area contributed by atoms with Gasteiger partial charge in [-0.1, -0.05) is 12.8 Å². The van der Waals surface area contributed by atoms with Crippen molar-refractivity contribution in [2.24, 2.45) is 11.8 Å². The van der Waals surface area contributed by atoms with Gasteiger partial charge in [-0.3, -0.25) is 0 Å². The number of nitrogens with zero attached hydrogens (tertiary/aromatic N) is 1. The maximum atomic E-state index is 3.75. The molecule has 3 aliphatic rings. The highest BCUT2D eigenvalue weighted by Crippen LogP contribution is 2.34. The molecule has 0 radical (unpaired) electrons. The molecule has 2 nitrogen and oxygen atoms in total. The summed E-state index contributed by atoms with van der Waals surface area (Å²) >= 11 is 0. The SMILES string of the molecule is CN(CC1CCCC1)CC1CC2CCC1N2. The lowest BCUT2D eigenvalue weighted by atomic mass is 9.88. The summed E-state index contributed by atoms with van der Waals surface area (Å²) in [6.45, 7) is 2.69. The van der Waals surface area contributed by atoms with Crippen LogP contribution >= 0.6 is 0 Å². The van der Waals surface area contributed by atoms with Crippen molar-refractivity contribution >= 4 is 0 Å². The summed E-state index contributed by atoms with van der Waals surface area (Å²) in [5.41, 5.74) is 0. The second-order valence-electron chi connectivity index (χ2n) is 6.41. The van der Waals surface area contributed by atoms with Gasteiger partial charge in [-0.2, -0.15) is 0 Å². The number of fused-ring (bicyclic) bond motifs is 2. The van der Waals surface area contributed by atoms with Gasteiger partial charge in [0.1, 0.15) is 0 Å². The third-order valence-corrected chi connectivity index (χ3v) is 5.02. The van der Waals surface area contributed by atoms with Crippen LogP contribution in [0.1, 0.15) is 44.9 Å². The van der Waals surface area contributed by atoms with Crippen molar-refractivity contribution in [2.45, 2.75) is 57.0 Å². The topological polar surface area (TPSA) is 15.3 Å². The third-order valence-electron chi connectivity index (χ3n) is 5.02. The molecule has 1 saturated carbocycles. The minimum absolute atomic E-state index is 0.857. The Morgan fingerprint density at radius 2 is 1.88 bits per heavy atom. The highest BCUT2D eigenvalue weighted by molar-refractivity contribution is 4.98. The molecular formula is C14H26N2. The first kappa shape index (κ1) is 11.0. The monoisotopic (exact) mass is 222 g/mol. The molecule has 0 aromatic rings. The molecule has 1 aliphatic carbocycles. The van der Waals surface area contributed by atoms with E-state index in [0.717, 1.165) is 23.9 Å². The molecule has 2 saturated heterocycles. The molecule has 3 atom stereocenters. The van der Waals surface area contributed by atoms with Crippen LogP contribution in [-0.4, -0.2) is 37.1 Å². The van der Waals surface area contributed by atoms with E-state index >= 15 is 0 Å². The summed E-state index contributed by atoms with van der Waals surface area (Å²) in [4.78, 5) is 2.61. The van der Waals surface area contributed by atoms with Gasteiger partial charge in [0.25, 0.3) is 0 Å². The average Bonchev–Trinajstić information content (AvgIpc) is 2.92.